The van der Waals surface area contributed by atoms with Crippen molar-refractivity contribution in [2.45, 2.75) is 13.1 Å². The molecule has 1 aliphatic rings. The van der Waals surface area contributed by atoms with Crippen LogP contribution in [0.25, 0.3) is 0 Å². The highest BCUT2D eigenvalue weighted by atomic mass is 35.5. The van der Waals surface area contributed by atoms with Crippen molar-refractivity contribution in [2.75, 3.05) is 19.6 Å². The van der Waals surface area contributed by atoms with Gasteiger partial charge in [0.05, 0.1) is 0 Å². The van der Waals surface area contributed by atoms with Gasteiger partial charge >= 0.3 is 6.03 Å². The normalized spacial score (nSPS) is 14.0. The molecular weight excluding hydrogens is 338 g/mol. The van der Waals surface area contributed by atoms with Gasteiger partial charge in [0, 0.05) is 31.2 Å². The Labute approximate surface area is 152 Å². The lowest BCUT2D eigenvalue weighted by Gasteiger charge is -2.18. The molecule has 0 atom stereocenters. The van der Waals surface area contributed by atoms with Crippen molar-refractivity contribution in [1.82, 2.24) is 15.1 Å². The predicted molar refractivity (Wildman–Crippen MR) is 97.1 cm³/mol. The van der Waals surface area contributed by atoms with E-state index in [-0.39, 0.29) is 18.5 Å². The summed E-state index contributed by atoms with van der Waals surface area (Å²) in [5, 5.41) is 3.44. The maximum Gasteiger partial charge on any atom is 0.320 e. The Kier molecular flexibility index (Phi) is 5.56. The van der Waals surface area contributed by atoms with Gasteiger partial charge in [0.1, 0.15) is 6.54 Å². The van der Waals surface area contributed by atoms with E-state index in [9.17, 15) is 9.59 Å². The number of carbonyl (C=O) groups excluding carboxylic acids is 2. The summed E-state index contributed by atoms with van der Waals surface area (Å²) in [4.78, 5) is 27.9. The standard InChI is InChI=1S/C19H20ClN3O2/c20-17-9-5-4-8-16(17)12-21-18(24)14-23-11-10-22(19(23)25)13-15-6-2-1-3-7-15/h1-9H,10-14H2,(H,21,24). The highest BCUT2D eigenvalue weighted by Crippen LogP contribution is 2.15. The molecule has 0 spiro atoms. The number of hydrogen-bond acceptors (Lipinski definition) is 2. The van der Waals surface area contributed by atoms with Crippen molar-refractivity contribution < 1.29 is 9.59 Å². The van der Waals surface area contributed by atoms with Crippen molar-refractivity contribution >= 4 is 23.5 Å². The second-order valence-corrected chi connectivity index (χ2v) is 6.39. The Morgan fingerprint density at radius 1 is 1.00 bits per heavy atom. The number of nitrogens with one attached hydrogen (secondary N) is 1. The molecule has 2 aromatic carbocycles. The number of urea groups is 1. The first-order chi connectivity index (χ1) is 12.1. The molecule has 2 aromatic rings. The van der Waals surface area contributed by atoms with Crippen LogP contribution < -0.4 is 5.32 Å². The van der Waals surface area contributed by atoms with Gasteiger partial charge in [-0.15, -0.1) is 0 Å². The van der Waals surface area contributed by atoms with E-state index < -0.39 is 0 Å². The minimum Gasteiger partial charge on any atom is -0.350 e. The second kappa shape index (κ2) is 8.03. The van der Waals surface area contributed by atoms with Crippen LogP contribution in [0.5, 0.6) is 0 Å². The number of rotatable bonds is 6. The molecule has 5 nitrogen and oxygen atoms in total. The summed E-state index contributed by atoms with van der Waals surface area (Å²) in [5.74, 6) is -0.185. The molecule has 1 fully saturated rings. The highest BCUT2D eigenvalue weighted by Gasteiger charge is 2.29. The van der Waals surface area contributed by atoms with Crippen LogP contribution >= 0.6 is 11.6 Å². The van der Waals surface area contributed by atoms with E-state index in [1.54, 1.807) is 15.9 Å². The molecule has 130 valence electrons. The molecule has 3 rings (SSSR count). The van der Waals surface area contributed by atoms with E-state index in [0.717, 1.165) is 11.1 Å². The summed E-state index contributed by atoms with van der Waals surface area (Å²) in [7, 11) is 0. The first-order valence-corrected chi connectivity index (χ1v) is 8.59. The molecule has 0 unspecified atom stereocenters. The average molecular weight is 358 g/mol. The maximum absolute atomic E-state index is 12.4. The number of nitrogens with zero attached hydrogens (tertiary/aromatic N) is 2. The third-order valence-corrected chi connectivity index (χ3v) is 4.53. The van der Waals surface area contributed by atoms with E-state index >= 15 is 0 Å². The lowest BCUT2D eigenvalue weighted by Crippen LogP contribution is -2.39. The van der Waals surface area contributed by atoms with Gasteiger partial charge in [-0.25, -0.2) is 4.79 Å². The van der Waals surface area contributed by atoms with E-state index in [2.05, 4.69) is 5.32 Å². The summed E-state index contributed by atoms with van der Waals surface area (Å²) in [6.45, 7) is 2.18. The Balaban J connectivity index is 1.49. The lowest BCUT2D eigenvalue weighted by atomic mass is 10.2. The quantitative estimate of drug-likeness (QED) is 0.864. The van der Waals surface area contributed by atoms with Crippen molar-refractivity contribution in [2.24, 2.45) is 0 Å². The predicted octanol–water partition coefficient (Wildman–Crippen LogP) is 2.89. The van der Waals surface area contributed by atoms with Crippen LogP contribution in [0, 0.1) is 0 Å². The molecule has 1 aliphatic heterocycles. The number of halogens is 1. The van der Waals surface area contributed by atoms with Gasteiger partial charge in [0.25, 0.3) is 0 Å². The zero-order valence-electron chi connectivity index (χ0n) is 13.8. The Morgan fingerprint density at radius 2 is 1.68 bits per heavy atom. The Morgan fingerprint density at radius 3 is 2.44 bits per heavy atom. The fourth-order valence-electron chi connectivity index (χ4n) is 2.79. The summed E-state index contributed by atoms with van der Waals surface area (Å²) < 4.78 is 0. The monoisotopic (exact) mass is 357 g/mol. The number of hydrogen-bond donors (Lipinski definition) is 1. The molecule has 6 heteroatoms. The van der Waals surface area contributed by atoms with E-state index in [1.807, 2.05) is 48.5 Å². The van der Waals surface area contributed by atoms with Crippen LogP contribution in [-0.4, -0.2) is 41.4 Å². The van der Waals surface area contributed by atoms with Crippen LogP contribution in [-0.2, 0) is 17.9 Å². The van der Waals surface area contributed by atoms with Gasteiger partial charge in [0.2, 0.25) is 5.91 Å². The molecule has 3 amide bonds. The zero-order valence-corrected chi connectivity index (χ0v) is 14.6. The fraction of sp³-hybridized carbons (Fsp3) is 0.263. The van der Waals surface area contributed by atoms with Crippen molar-refractivity contribution in [1.29, 1.82) is 0 Å². The van der Waals surface area contributed by atoms with Crippen LogP contribution in [0.3, 0.4) is 0 Å². The van der Waals surface area contributed by atoms with Crippen LogP contribution in [0.1, 0.15) is 11.1 Å². The van der Waals surface area contributed by atoms with E-state index in [0.29, 0.717) is 31.2 Å². The fourth-order valence-corrected chi connectivity index (χ4v) is 3.00. The number of carbonyl (C=O) groups is 2. The first-order valence-electron chi connectivity index (χ1n) is 8.21. The smallest absolute Gasteiger partial charge is 0.320 e. The molecule has 1 N–H and O–H groups in total. The molecule has 0 saturated carbocycles. The minimum absolute atomic E-state index is 0.0641. The summed E-state index contributed by atoms with van der Waals surface area (Å²) >= 11 is 6.07. The zero-order chi connectivity index (χ0) is 17.6. The van der Waals surface area contributed by atoms with Gasteiger partial charge in [-0.2, -0.15) is 0 Å². The molecular formula is C19H20ClN3O2. The van der Waals surface area contributed by atoms with Crippen molar-refractivity contribution in [3.05, 3.63) is 70.7 Å². The summed E-state index contributed by atoms with van der Waals surface area (Å²) in [6, 6.07) is 17.1. The molecule has 25 heavy (non-hydrogen) atoms. The van der Waals surface area contributed by atoms with Crippen LogP contribution in [0.2, 0.25) is 5.02 Å². The van der Waals surface area contributed by atoms with Gasteiger partial charge in [0.15, 0.2) is 0 Å². The highest BCUT2D eigenvalue weighted by molar-refractivity contribution is 6.31. The molecule has 0 aliphatic carbocycles. The third-order valence-electron chi connectivity index (χ3n) is 4.17. The molecule has 1 saturated heterocycles. The van der Waals surface area contributed by atoms with Gasteiger partial charge < -0.3 is 15.1 Å². The van der Waals surface area contributed by atoms with Crippen LogP contribution in [0.15, 0.2) is 54.6 Å². The molecule has 0 bridgehead atoms. The Bertz CT molecular complexity index is 751. The SMILES string of the molecule is O=C(CN1CCN(Cc2ccccc2)C1=O)NCc1ccccc1Cl. The number of benzene rings is 2. The second-order valence-electron chi connectivity index (χ2n) is 5.98. The van der Waals surface area contributed by atoms with Gasteiger partial charge in [-0.3, -0.25) is 4.79 Å². The van der Waals surface area contributed by atoms with E-state index in [1.165, 1.54) is 0 Å². The molecule has 0 aromatic heterocycles. The first kappa shape index (κ1) is 17.3. The van der Waals surface area contributed by atoms with Crippen molar-refractivity contribution in [3.8, 4) is 0 Å². The van der Waals surface area contributed by atoms with Gasteiger partial charge in [-0.05, 0) is 17.2 Å². The summed E-state index contributed by atoms with van der Waals surface area (Å²) in [5.41, 5.74) is 1.94. The minimum atomic E-state index is -0.185. The van der Waals surface area contributed by atoms with Crippen molar-refractivity contribution in [3.63, 3.8) is 0 Å². The average Bonchev–Trinajstić information content (AvgIpc) is 2.95. The maximum atomic E-state index is 12.4. The third kappa shape index (κ3) is 4.51. The Hall–Kier alpha value is -2.53. The lowest BCUT2D eigenvalue weighted by molar-refractivity contribution is -0.121. The van der Waals surface area contributed by atoms with Gasteiger partial charge in [-0.1, -0.05) is 60.1 Å². The number of amides is 3. The van der Waals surface area contributed by atoms with E-state index in [4.69, 9.17) is 11.6 Å². The summed E-state index contributed by atoms with van der Waals surface area (Å²) in [6.07, 6.45) is 0. The molecule has 0 radical (unpaired) electrons. The largest absolute Gasteiger partial charge is 0.350 e. The van der Waals surface area contributed by atoms with Crippen LogP contribution in [0.4, 0.5) is 4.79 Å². The topological polar surface area (TPSA) is 52.7 Å². The molecule has 1 heterocycles.